The molecule has 0 bridgehead atoms. The van der Waals surface area contributed by atoms with Crippen LogP contribution < -0.4 is 15.8 Å². The molecule has 1 atom stereocenters. The van der Waals surface area contributed by atoms with E-state index < -0.39 is 0 Å². The monoisotopic (exact) mass is 405 g/mol. The first-order valence-electron chi connectivity index (χ1n) is 7.42. The van der Waals surface area contributed by atoms with Crippen molar-refractivity contribution in [2.45, 2.75) is 32.4 Å². The summed E-state index contributed by atoms with van der Waals surface area (Å²) in [4.78, 5) is 16.0. The van der Waals surface area contributed by atoms with Gasteiger partial charge in [0.2, 0.25) is 5.91 Å². The van der Waals surface area contributed by atoms with E-state index in [2.05, 4.69) is 10.3 Å². The Morgan fingerprint density at radius 2 is 2.08 bits per heavy atom. The van der Waals surface area contributed by atoms with E-state index in [-0.39, 0.29) is 36.8 Å². The number of pyridine rings is 1. The summed E-state index contributed by atoms with van der Waals surface area (Å²) >= 11 is 6.19. The Hall–Kier alpha value is -1.53. The van der Waals surface area contributed by atoms with Crippen molar-refractivity contribution in [3.63, 3.8) is 0 Å². The quantitative estimate of drug-likeness (QED) is 0.721. The van der Waals surface area contributed by atoms with E-state index in [0.29, 0.717) is 35.9 Å². The zero-order valence-electron chi connectivity index (χ0n) is 13.8. The van der Waals surface area contributed by atoms with Crippen LogP contribution in [0.2, 0.25) is 5.02 Å². The maximum absolute atomic E-state index is 11.8. The first-order valence-corrected chi connectivity index (χ1v) is 7.80. The molecule has 138 valence electrons. The lowest BCUT2D eigenvalue weighted by molar-refractivity contribution is -0.116. The molecule has 0 fully saturated rings. The Labute approximate surface area is 165 Å². The molecule has 0 saturated carbocycles. The molecule has 0 radical (unpaired) electrons. The van der Waals surface area contributed by atoms with Crippen LogP contribution in [0.5, 0.6) is 5.75 Å². The number of aromatic nitrogens is 1. The van der Waals surface area contributed by atoms with Gasteiger partial charge in [0.15, 0.2) is 0 Å². The molecule has 0 aliphatic rings. The van der Waals surface area contributed by atoms with Gasteiger partial charge in [0, 0.05) is 24.3 Å². The molecule has 1 heterocycles. The van der Waals surface area contributed by atoms with Gasteiger partial charge in [-0.05, 0) is 43.7 Å². The first-order chi connectivity index (χ1) is 11.0. The number of ether oxygens (including phenoxy) is 1. The largest absolute Gasteiger partial charge is 0.486 e. The number of benzene rings is 1. The van der Waals surface area contributed by atoms with E-state index in [1.807, 2.05) is 25.1 Å². The summed E-state index contributed by atoms with van der Waals surface area (Å²) in [6, 6.07) is 10.8. The smallest absolute Gasteiger partial charge is 0.224 e. The summed E-state index contributed by atoms with van der Waals surface area (Å²) in [6.45, 7) is 2.21. The molecule has 1 amide bonds. The van der Waals surface area contributed by atoms with Gasteiger partial charge < -0.3 is 15.8 Å². The Kier molecular flexibility index (Phi) is 11.2. The maximum atomic E-state index is 11.8. The Morgan fingerprint density at radius 3 is 2.68 bits per heavy atom. The summed E-state index contributed by atoms with van der Waals surface area (Å²) in [5, 5.41) is 3.23. The summed E-state index contributed by atoms with van der Waals surface area (Å²) in [7, 11) is 0. The molecule has 1 aromatic heterocycles. The minimum Gasteiger partial charge on any atom is -0.486 e. The van der Waals surface area contributed by atoms with Crippen molar-refractivity contribution in [2.75, 3.05) is 5.32 Å². The number of anilines is 1. The Morgan fingerprint density at radius 1 is 1.32 bits per heavy atom. The number of carbonyl (C=O) groups excluding carboxylic acids is 1. The molecule has 8 heteroatoms. The third-order valence-corrected chi connectivity index (χ3v) is 3.44. The number of nitrogens with two attached hydrogens (primary N) is 1. The van der Waals surface area contributed by atoms with Gasteiger partial charge in [0.25, 0.3) is 0 Å². The second kappa shape index (κ2) is 11.9. The van der Waals surface area contributed by atoms with Gasteiger partial charge in [-0.1, -0.05) is 17.7 Å². The second-order valence-electron chi connectivity index (χ2n) is 5.32. The molecule has 0 saturated heterocycles. The van der Waals surface area contributed by atoms with Crippen molar-refractivity contribution in [2.24, 2.45) is 5.73 Å². The predicted octanol–water partition coefficient (Wildman–Crippen LogP) is 4.22. The van der Waals surface area contributed by atoms with E-state index in [1.54, 1.807) is 24.4 Å². The first kappa shape index (κ1) is 23.5. The lowest BCUT2D eigenvalue weighted by atomic mass is 10.2. The normalized spacial score (nSPS) is 10.8. The predicted molar refractivity (Wildman–Crippen MR) is 106 cm³/mol. The van der Waals surface area contributed by atoms with Crippen LogP contribution in [0, 0.1) is 0 Å². The van der Waals surface area contributed by atoms with Gasteiger partial charge in [-0.15, -0.1) is 24.8 Å². The summed E-state index contributed by atoms with van der Waals surface area (Å²) < 4.78 is 5.64. The molecule has 0 spiro atoms. The van der Waals surface area contributed by atoms with Crippen LogP contribution in [0.3, 0.4) is 0 Å². The number of amides is 1. The molecule has 2 rings (SSSR count). The lowest BCUT2D eigenvalue weighted by Gasteiger charge is -2.11. The molecule has 0 aliphatic heterocycles. The number of halogens is 3. The molecular formula is C17H22Cl3N3O2. The van der Waals surface area contributed by atoms with E-state index in [0.717, 1.165) is 5.69 Å². The van der Waals surface area contributed by atoms with E-state index in [9.17, 15) is 4.79 Å². The second-order valence-corrected chi connectivity index (χ2v) is 5.73. The molecule has 3 N–H and O–H groups in total. The van der Waals surface area contributed by atoms with Gasteiger partial charge in [0.05, 0.1) is 10.7 Å². The average molecular weight is 407 g/mol. The molecular weight excluding hydrogens is 385 g/mol. The van der Waals surface area contributed by atoms with Gasteiger partial charge in [-0.3, -0.25) is 9.78 Å². The van der Waals surface area contributed by atoms with E-state index in [1.165, 1.54) is 0 Å². The van der Waals surface area contributed by atoms with Crippen LogP contribution >= 0.6 is 36.4 Å². The highest BCUT2D eigenvalue weighted by Crippen LogP contribution is 2.28. The zero-order valence-corrected chi connectivity index (χ0v) is 16.2. The molecule has 1 unspecified atom stereocenters. The van der Waals surface area contributed by atoms with Gasteiger partial charge in [0.1, 0.15) is 12.4 Å². The number of nitrogens with zero attached hydrogens (tertiary/aromatic N) is 1. The Bertz CT molecular complexity index is 655. The molecule has 2 aromatic rings. The topological polar surface area (TPSA) is 77.2 Å². The number of rotatable bonds is 7. The fraction of sp³-hybridized carbons (Fsp3) is 0.294. The van der Waals surface area contributed by atoms with Crippen LogP contribution in [0.15, 0.2) is 42.6 Å². The van der Waals surface area contributed by atoms with Crippen molar-refractivity contribution in [1.29, 1.82) is 0 Å². The number of hydrogen-bond donors (Lipinski definition) is 2. The lowest BCUT2D eigenvalue weighted by Crippen LogP contribution is -2.19. The molecule has 25 heavy (non-hydrogen) atoms. The number of carbonyl (C=O) groups is 1. The highest BCUT2D eigenvalue weighted by molar-refractivity contribution is 6.32. The number of hydrogen-bond acceptors (Lipinski definition) is 4. The molecule has 0 aliphatic carbocycles. The van der Waals surface area contributed by atoms with Crippen LogP contribution in [-0.2, 0) is 11.4 Å². The zero-order chi connectivity index (χ0) is 16.7. The van der Waals surface area contributed by atoms with Crippen molar-refractivity contribution in [3.8, 4) is 5.75 Å². The highest BCUT2D eigenvalue weighted by atomic mass is 35.5. The van der Waals surface area contributed by atoms with Gasteiger partial charge >= 0.3 is 0 Å². The summed E-state index contributed by atoms with van der Waals surface area (Å²) in [5.74, 6) is 0.464. The van der Waals surface area contributed by atoms with Crippen LogP contribution in [0.25, 0.3) is 0 Å². The van der Waals surface area contributed by atoms with Crippen LogP contribution in [-0.4, -0.2) is 16.9 Å². The van der Waals surface area contributed by atoms with Crippen LogP contribution in [0.4, 0.5) is 5.69 Å². The third-order valence-electron chi connectivity index (χ3n) is 3.14. The van der Waals surface area contributed by atoms with Gasteiger partial charge in [-0.25, -0.2) is 0 Å². The molecule has 5 nitrogen and oxygen atoms in total. The van der Waals surface area contributed by atoms with Crippen molar-refractivity contribution in [3.05, 3.63) is 53.3 Å². The molecule has 1 aromatic carbocycles. The average Bonchev–Trinajstić information content (AvgIpc) is 2.53. The van der Waals surface area contributed by atoms with E-state index in [4.69, 9.17) is 22.1 Å². The Balaban J connectivity index is 0.00000288. The van der Waals surface area contributed by atoms with Gasteiger partial charge in [-0.2, -0.15) is 0 Å². The fourth-order valence-electron chi connectivity index (χ4n) is 1.91. The fourth-order valence-corrected chi connectivity index (χ4v) is 2.15. The number of nitrogens with one attached hydrogen (secondary N) is 1. The summed E-state index contributed by atoms with van der Waals surface area (Å²) in [5.41, 5.74) is 7.09. The van der Waals surface area contributed by atoms with Crippen molar-refractivity contribution >= 4 is 48.0 Å². The van der Waals surface area contributed by atoms with Crippen LogP contribution in [0.1, 0.15) is 25.5 Å². The van der Waals surface area contributed by atoms with E-state index >= 15 is 0 Å². The standard InChI is InChI=1S/C17H20ClN3O2.2ClH/c1-12(19)5-8-17(22)21-13-6-7-16(15(18)10-13)23-11-14-4-2-3-9-20-14;;/h2-4,6-7,9-10,12H,5,8,11,19H2,1H3,(H,21,22);2*1H. The minimum atomic E-state index is -0.0829. The van der Waals surface area contributed by atoms with Crippen molar-refractivity contribution in [1.82, 2.24) is 4.98 Å². The van der Waals surface area contributed by atoms with Crippen molar-refractivity contribution < 1.29 is 9.53 Å². The SMILES string of the molecule is CC(N)CCC(=O)Nc1ccc(OCc2ccccn2)c(Cl)c1.Cl.Cl. The maximum Gasteiger partial charge on any atom is 0.224 e. The highest BCUT2D eigenvalue weighted by Gasteiger charge is 2.08. The third kappa shape index (κ3) is 8.40. The minimum absolute atomic E-state index is 0. The summed E-state index contributed by atoms with van der Waals surface area (Å²) in [6.07, 6.45) is 2.74.